The number of ether oxygens (including phenoxy) is 1. The molecule has 1 rings (SSSR count). The molecular formula is C9H15NO. The predicted octanol–water partition coefficient (Wildman–Crippen LogP) is 2.42. The number of hydrogen-bond donors (Lipinski definition) is 0. The summed E-state index contributed by atoms with van der Waals surface area (Å²) in [5, 5.41) is 0. The number of rotatable bonds is 2. The van der Waals surface area contributed by atoms with Crippen molar-refractivity contribution in [2.75, 3.05) is 6.61 Å². The van der Waals surface area contributed by atoms with Gasteiger partial charge in [0.15, 0.2) is 0 Å². The molecule has 1 aromatic heterocycles. The van der Waals surface area contributed by atoms with E-state index in [4.69, 9.17) is 4.74 Å². The fraction of sp³-hybridized carbons (Fsp3) is 0.444. The molecule has 11 heavy (non-hydrogen) atoms. The monoisotopic (exact) mass is 153 g/mol. The number of pyridine rings is 1. The number of aromatic nitrogens is 1. The summed E-state index contributed by atoms with van der Waals surface area (Å²) in [5.41, 5.74) is 1.16. The predicted molar refractivity (Wildman–Crippen MR) is 46.9 cm³/mol. The van der Waals surface area contributed by atoms with Crippen molar-refractivity contribution in [3.05, 3.63) is 23.9 Å². The van der Waals surface area contributed by atoms with Crippen LogP contribution in [0.3, 0.4) is 0 Å². The Kier molecular flexibility index (Phi) is 4.27. The van der Waals surface area contributed by atoms with Crippen LogP contribution in [0, 0.1) is 6.92 Å². The summed E-state index contributed by atoms with van der Waals surface area (Å²) in [5.74, 6) is 0.702. The molecule has 0 aliphatic carbocycles. The van der Waals surface area contributed by atoms with Crippen LogP contribution in [0.25, 0.3) is 0 Å². The number of nitrogens with zero attached hydrogens (tertiary/aromatic N) is 1. The lowest BCUT2D eigenvalue weighted by molar-refractivity contribution is 0.327. The maximum atomic E-state index is 5.15. The van der Waals surface area contributed by atoms with E-state index < -0.39 is 0 Å². The summed E-state index contributed by atoms with van der Waals surface area (Å²) >= 11 is 0. The lowest BCUT2D eigenvalue weighted by Crippen LogP contribution is -1.93. The highest BCUT2D eigenvalue weighted by atomic mass is 16.5. The molecule has 0 aliphatic rings. The van der Waals surface area contributed by atoms with E-state index in [-0.39, 0.29) is 7.43 Å². The Morgan fingerprint density at radius 1 is 1.45 bits per heavy atom. The molecular weight excluding hydrogens is 138 g/mol. The Morgan fingerprint density at radius 3 is 2.64 bits per heavy atom. The quantitative estimate of drug-likeness (QED) is 0.651. The average molecular weight is 153 g/mol. The van der Waals surface area contributed by atoms with Crippen molar-refractivity contribution in [2.45, 2.75) is 21.3 Å². The molecule has 0 unspecified atom stereocenters. The molecule has 0 N–H and O–H groups in total. The fourth-order valence-electron chi connectivity index (χ4n) is 0.688. The van der Waals surface area contributed by atoms with E-state index in [2.05, 4.69) is 4.98 Å². The third-order valence-electron chi connectivity index (χ3n) is 1.18. The zero-order chi connectivity index (χ0) is 7.40. The van der Waals surface area contributed by atoms with E-state index in [1.807, 2.05) is 26.0 Å². The van der Waals surface area contributed by atoms with E-state index in [1.165, 1.54) is 0 Å². The highest BCUT2D eigenvalue weighted by Gasteiger charge is 1.89. The molecule has 2 heteroatoms. The normalized spacial score (nSPS) is 8.55. The van der Waals surface area contributed by atoms with Crippen molar-refractivity contribution < 1.29 is 4.74 Å². The molecule has 1 heterocycles. The second-order valence-electron chi connectivity index (χ2n) is 2.11. The molecule has 0 aliphatic heterocycles. The first-order valence-electron chi connectivity index (χ1n) is 3.38. The van der Waals surface area contributed by atoms with Gasteiger partial charge in [-0.25, -0.2) is 4.98 Å². The molecule has 0 saturated heterocycles. The van der Waals surface area contributed by atoms with Crippen molar-refractivity contribution in [2.24, 2.45) is 0 Å². The Balaban J connectivity index is 0.000001000. The first kappa shape index (κ1) is 9.95. The summed E-state index contributed by atoms with van der Waals surface area (Å²) in [6.45, 7) is 4.63. The van der Waals surface area contributed by atoms with E-state index >= 15 is 0 Å². The van der Waals surface area contributed by atoms with Crippen LogP contribution in [0.4, 0.5) is 0 Å². The molecule has 0 aromatic carbocycles. The molecule has 0 atom stereocenters. The third kappa shape index (κ3) is 3.03. The maximum Gasteiger partial charge on any atom is 0.213 e. The smallest absolute Gasteiger partial charge is 0.213 e. The molecule has 0 radical (unpaired) electrons. The molecule has 0 bridgehead atoms. The minimum atomic E-state index is 0. The van der Waals surface area contributed by atoms with Gasteiger partial charge in [-0.1, -0.05) is 13.5 Å². The first-order chi connectivity index (χ1) is 4.83. The molecule has 0 saturated carbocycles. The average Bonchev–Trinajstić information content (AvgIpc) is 1.95. The summed E-state index contributed by atoms with van der Waals surface area (Å²) in [4.78, 5) is 4.05. The highest BCUT2D eigenvalue weighted by Crippen LogP contribution is 2.05. The molecule has 1 aromatic rings. The minimum absolute atomic E-state index is 0. The Hall–Kier alpha value is -1.05. The van der Waals surface area contributed by atoms with Crippen molar-refractivity contribution >= 4 is 0 Å². The number of hydrogen-bond acceptors (Lipinski definition) is 2. The SMILES string of the molecule is C.CCOc1ccc(C)cn1. The molecule has 0 spiro atoms. The molecule has 0 amide bonds. The van der Waals surface area contributed by atoms with Gasteiger partial charge in [-0.05, 0) is 19.4 Å². The fourth-order valence-corrected chi connectivity index (χ4v) is 0.688. The van der Waals surface area contributed by atoms with Crippen molar-refractivity contribution in [3.8, 4) is 5.88 Å². The lowest BCUT2D eigenvalue weighted by atomic mass is 10.3. The van der Waals surface area contributed by atoms with Gasteiger partial charge in [-0.2, -0.15) is 0 Å². The first-order valence-corrected chi connectivity index (χ1v) is 3.38. The van der Waals surface area contributed by atoms with Crippen LogP contribution in [-0.4, -0.2) is 11.6 Å². The van der Waals surface area contributed by atoms with Gasteiger partial charge in [0.2, 0.25) is 5.88 Å². The zero-order valence-electron chi connectivity index (χ0n) is 6.29. The van der Waals surface area contributed by atoms with Crippen molar-refractivity contribution in [1.29, 1.82) is 0 Å². The van der Waals surface area contributed by atoms with Gasteiger partial charge in [-0.15, -0.1) is 0 Å². The Morgan fingerprint density at radius 2 is 2.18 bits per heavy atom. The second-order valence-corrected chi connectivity index (χ2v) is 2.11. The topological polar surface area (TPSA) is 22.1 Å². The summed E-state index contributed by atoms with van der Waals surface area (Å²) in [6.07, 6.45) is 1.80. The van der Waals surface area contributed by atoms with Crippen molar-refractivity contribution in [3.63, 3.8) is 0 Å². The van der Waals surface area contributed by atoms with E-state index in [0.717, 1.165) is 5.56 Å². The molecule has 62 valence electrons. The summed E-state index contributed by atoms with van der Waals surface area (Å²) in [6, 6.07) is 3.86. The van der Waals surface area contributed by atoms with Gasteiger partial charge < -0.3 is 4.74 Å². The van der Waals surface area contributed by atoms with Crippen molar-refractivity contribution in [1.82, 2.24) is 4.98 Å². The van der Waals surface area contributed by atoms with Gasteiger partial charge in [-0.3, -0.25) is 0 Å². The lowest BCUT2D eigenvalue weighted by Gasteiger charge is -1.99. The van der Waals surface area contributed by atoms with Gasteiger partial charge in [0.05, 0.1) is 6.61 Å². The zero-order valence-corrected chi connectivity index (χ0v) is 6.29. The highest BCUT2D eigenvalue weighted by molar-refractivity contribution is 5.15. The van der Waals surface area contributed by atoms with Crippen LogP contribution in [0.1, 0.15) is 19.9 Å². The minimum Gasteiger partial charge on any atom is -0.478 e. The van der Waals surface area contributed by atoms with Crippen LogP contribution in [0.15, 0.2) is 18.3 Å². The maximum absolute atomic E-state index is 5.15. The largest absolute Gasteiger partial charge is 0.478 e. The second kappa shape index (κ2) is 4.72. The van der Waals surface area contributed by atoms with E-state index in [1.54, 1.807) is 6.20 Å². The van der Waals surface area contributed by atoms with Crippen LogP contribution in [-0.2, 0) is 0 Å². The van der Waals surface area contributed by atoms with Crippen LogP contribution in [0.5, 0.6) is 5.88 Å². The molecule has 2 nitrogen and oxygen atoms in total. The van der Waals surface area contributed by atoms with Gasteiger partial charge in [0.1, 0.15) is 0 Å². The summed E-state index contributed by atoms with van der Waals surface area (Å²) < 4.78 is 5.15. The van der Waals surface area contributed by atoms with Crippen LogP contribution >= 0.6 is 0 Å². The summed E-state index contributed by atoms with van der Waals surface area (Å²) in [7, 11) is 0. The van der Waals surface area contributed by atoms with E-state index in [9.17, 15) is 0 Å². The van der Waals surface area contributed by atoms with Crippen LogP contribution < -0.4 is 4.74 Å². The van der Waals surface area contributed by atoms with Crippen LogP contribution in [0.2, 0.25) is 0 Å². The van der Waals surface area contributed by atoms with Gasteiger partial charge in [0, 0.05) is 12.3 Å². The standard InChI is InChI=1S/C8H11NO.CH4/c1-3-10-8-5-4-7(2)6-9-8;/h4-6H,3H2,1-2H3;1H4. The van der Waals surface area contributed by atoms with Gasteiger partial charge >= 0.3 is 0 Å². The third-order valence-corrected chi connectivity index (χ3v) is 1.18. The van der Waals surface area contributed by atoms with E-state index in [0.29, 0.717) is 12.5 Å². The Labute approximate surface area is 68.2 Å². The Bertz CT molecular complexity index is 193. The van der Waals surface area contributed by atoms with Gasteiger partial charge in [0.25, 0.3) is 0 Å². The number of aryl methyl sites for hydroxylation is 1. The molecule has 0 fully saturated rings.